The highest BCUT2D eigenvalue weighted by Crippen LogP contribution is 2.19. The molecule has 1 aliphatic rings. The van der Waals surface area contributed by atoms with Crippen LogP contribution in [0.3, 0.4) is 0 Å². The maximum absolute atomic E-state index is 4.82. The summed E-state index contributed by atoms with van der Waals surface area (Å²) in [6, 6.07) is 0. The first kappa shape index (κ1) is 24.4. The van der Waals surface area contributed by atoms with E-state index >= 15 is 0 Å². The number of likely N-dealkylation sites (N-methyl/N-ethyl adjacent to an activating group) is 1. The number of aliphatic imine (C=N–C) groups is 1. The minimum atomic E-state index is 1.06. The first-order valence-corrected chi connectivity index (χ1v) is 12.3. The lowest BCUT2D eigenvalue weighted by Gasteiger charge is -2.32. The van der Waals surface area contributed by atoms with Gasteiger partial charge >= 0.3 is 0 Å². The van der Waals surface area contributed by atoms with Crippen LogP contribution in [-0.4, -0.2) is 36.5 Å². The Hall–Kier alpha value is -0.630. The van der Waals surface area contributed by atoms with Gasteiger partial charge in [-0.1, -0.05) is 76.9 Å². The van der Waals surface area contributed by atoms with Crippen LogP contribution in [0.5, 0.6) is 0 Å². The van der Waals surface area contributed by atoms with Crippen molar-refractivity contribution in [2.45, 2.75) is 117 Å². The molecule has 27 heavy (non-hydrogen) atoms. The molecule has 0 saturated heterocycles. The van der Waals surface area contributed by atoms with Gasteiger partial charge in [-0.3, -0.25) is 4.48 Å². The second-order valence-electron chi connectivity index (χ2n) is 8.49. The predicted octanol–water partition coefficient (Wildman–Crippen LogP) is 7.68. The molecule has 0 radical (unpaired) electrons. The second-order valence-corrected chi connectivity index (χ2v) is 8.49. The zero-order valence-corrected chi connectivity index (χ0v) is 19.0. The third-order valence-corrected chi connectivity index (χ3v) is 6.49. The van der Waals surface area contributed by atoms with E-state index in [1.807, 2.05) is 0 Å². The van der Waals surface area contributed by atoms with E-state index in [0.717, 1.165) is 6.54 Å². The Bertz CT molecular complexity index is 393. The van der Waals surface area contributed by atoms with Crippen molar-refractivity contribution in [1.82, 2.24) is 0 Å². The van der Waals surface area contributed by atoms with Crippen LogP contribution in [0.1, 0.15) is 117 Å². The summed E-state index contributed by atoms with van der Waals surface area (Å²) >= 11 is 0. The number of quaternary nitrogens is 1. The van der Waals surface area contributed by atoms with E-state index in [2.05, 4.69) is 32.9 Å². The summed E-state index contributed by atoms with van der Waals surface area (Å²) in [6.07, 6.45) is 25.5. The molecule has 158 valence electrons. The number of hydrogen-bond acceptors (Lipinski definition) is 1. The molecule has 2 heteroatoms. The van der Waals surface area contributed by atoms with Gasteiger partial charge in [-0.25, -0.2) is 4.99 Å². The second kappa shape index (κ2) is 16.3. The van der Waals surface area contributed by atoms with Crippen LogP contribution in [0.25, 0.3) is 0 Å². The summed E-state index contributed by atoms with van der Waals surface area (Å²) in [6.45, 7) is 11.7. The lowest BCUT2D eigenvalue weighted by atomic mass is 10.1. The molecule has 0 unspecified atom stereocenters. The number of amidine groups is 1. The predicted molar refractivity (Wildman–Crippen MR) is 123 cm³/mol. The zero-order valence-electron chi connectivity index (χ0n) is 19.0. The molecule has 1 aliphatic heterocycles. The number of nitrogens with zero attached hydrogens (tertiary/aromatic N) is 2. The Kier molecular flexibility index (Phi) is 14.8. The molecular weight excluding hydrogens is 328 g/mol. The molecule has 0 N–H and O–H groups in total. The fourth-order valence-electron chi connectivity index (χ4n) is 4.40. The Morgan fingerprint density at radius 1 is 0.704 bits per heavy atom. The molecule has 0 spiro atoms. The molecule has 0 aromatic rings. The largest absolute Gasteiger partial charge is 0.278 e. The first-order valence-electron chi connectivity index (χ1n) is 12.3. The number of rotatable bonds is 18. The zero-order chi connectivity index (χ0) is 19.6. The van der Waals surface area contributed by atoms with Crippen molar-refractivity contribution in [2.24, 2.45) is 4.99 Å². The number of allylic oxidation sites excluding steroid dienone is 2. The Morgan fingerprint density at radius 2 is 1.22 bits per heavy atom. The van der Waals surface area contributed by atoms with Gasteiger partial charge in [0.15, 0.2) is 5.84 Å². The topological polar surface area (TPSA) is 12.4 Å². The minimum Gasteiger partial charge on any atom is -0.278 e. The molecule has 0 bridgehead atoms. The van der Waals surface area contributed by atoms with E-state index in [4.69, 9.17) is 4.99 Å². The average molecular weight is 378 g/mol. The third kappa shape index (κ3) is 10.5. The third-order valence-electron chi connectivity index (χ3n) is 6.49. The van der Waals surface area contributed by atoms with E-state index in [9.17, 15) is 0 Å². The van der Waals surface area contributed by atoms with E-state index in [-0.39, 0.29) is 0 Å². The Morgan fingerprint density at radius 3 is 1.78 bits per heavy atom. The number of unbranched alkanes of at least 4 members (excludes halogenated alkanes) is 12. The summed E-state index contributed by atoms with van der Waals surface area (Å²) in [4.78, 5) is 4.82. The van der Waals surface area contributed by atoms with Crippen LogP contribution in [0.2, 0.25) is 0 Å². The van der Waals surface area contributed by atoms with Crippen molar-refractivity contribution >= 4 is 5.84 Å². The van der Waals surface area contributed by atoms with Gasteiger partial charge in [-0.05, 0) is 46.0 Å². The lowest BCUT2D eigenvalue weighted by molar-refractivity contribution is -0.832. The van der Waals surface area contributed by atoms with Crippen molar-refractivity contribution in [2.75, 3.05) is 26.2 Å². The molecule has 0 aliphatic carbocycles. The van der Waals surface area contributed by atoms with Crippen molar-refractivity contribution in [3.8, 4) is 0 Å². The molecule has 0 saturated carbocycles. The van der Waals surface area contributed by atoms with Crippen LogP contribution in [0, 0.1) is 0 Å². The molecule has 0 aromatic heterocycles. The molecular formula is C25H49N2+. The van der Waals surface area contributed by atoms with Gasteiger partial charge in [-0.2, -0.15) is 0 Å². The highest BCUT2D eigenvalue weighted by Gasteiger charge is 2.33. The highest BCUT2D eigenvalue weighted by molar-refractivity contribution is 5.76. The summed E-state index contributed by atoms with van der Waals surface area (Å²) in [5.41, 5.74) is 0. The van der Waals surface area contributed by atoms with E-state index in [1.165, 1.54) is 126 Å². The highest BCUT2D eigenvalue weighted by atomic mass is 15.4. The quantitative estimate of drug-likeness (QED) is 0.132. The molecule has 0 fully saturated rings. The lowest BCUT2D eigenvalue weighted by Crippen LogP contribution is -2.50. The van der Waals surface area contributed by atoms with Crippen molar-refractivity contribution < 1.29 is 4.48 Å². The molecule has 1 heterocycles. The van der Waals surface area contributed by atoms with Gasteiger partial charge in [0.05, 0.1) is 19.6 Å². The van der Waals surface area contributed by atoms with Gasteiger partial charge in [-0.15, -0.1) is 0 Å². The van der Waals surface area contributed by atoms with Crippen LogP contribution < -0.4 is 0 Å². The molecule has 0 aromatic carbocycles. The molecule has 2 nitrogen and oxygen atoms in total. The average Bonchev–Trinajstić information content (AvgIpc) is 3.11. The Labute approximate surface area is 171 Å². The summed E-state index contributed by atoms with van der Waals surface area (Å²) < 4.78 is 1.17. The normalized spacial score (nSPS) is 16.3. The van der Waals surface area contributed by atoms with Crippen molar-refractivity contribution in [3.63, 3.8) is 0 Å². The monoisotopic (exact) mass is 377 g/mol. The fourth-order valence-corrected chi connectivity index (χ4v) is 4.40. The van der Waals surface area contributed by atoms with Gasteiger partial charge in [0.25, 0.3) is 0 Å². The maximum Gasteiger partial charge on any atom is 0.198 e. The SMILES string of the molecule is CCCCCCCC/C=C\CCCCCCCCC1=NCC[N+]1(CC)CC. The van der Waals surface area contributed by atoms with E-state index in [1.54, 1.807) is 0 Å². The first-order chi connectivity index (χ1) is 13.3. The number of hydrogen-bond donors (Lipinski definition) is 0. The summed E-state index contributed by atoms with van der Waals surface area (Å²) in [5.74, 6) is 1.50. The van der Waals surface area contributed by atoms with Crippen LogP contribution >= 0.6 is 0 Å². The van der Waals surface area contributed by atoms with Crippen LogP contribution in [0.4, 0.5) is 0 Å². The van der Waals surface area contributed by atoms with E-state index in [0.29, 0.717) is 0 Å². The molecule has 0 amide bonds. The standard InChI is InChI=1S/C25H49N2/c1-4-7-8-9-10-11-12-13-14-15-16-17-18-19-20-21-22-25-26-23-24-27(25,5-2)6-3/h13-14H,4-12,15-24H2,1-3H3/q+1/b14-13-. The summed E-state index contributed by atoms with van der Waals surface area (Å²) in [7, 11) is 0. The smallest absolute Gasteiger partial charge is 0.198 e. The van der Waals surface area contributed by atoms with Crippen LogP contribution in [0.15, 0.2) is 17.1 Å². The van der Waals surface area contributed by atoms with Gasteiger partial charge in [0, 0.05) is 6.42 Å². The van der Waals surface area contributed by atoms with Crippen molar-refractivity contribution in [3.05, 3.63) is 12.2 Å². The molecule has 0 atom stereocenters. The van der Waals surface area contributed by atoms with E-state index < -0.39 is 0 Å². The van der Waals surface area contributed by atoms with Gasteiger partial charge in [0.2, 0.25) is 0 Å². The fraction of sp³-hybridized carbons (Fsp3) is 0.880. The minimum absolute atomic E-state index is 1.06. The molecule has 1 rings (SSSR count). The maximum atomic E-state index is 4.82. The van der Waals surface area contributed by atoms with Gasteiger partial charge < -0.3 is 0 Å². The van der Waals surface area contributed by atoms with Gasteiger partial charge in [0.1, 0.15) is 6.54 Å². The Balaban J connectivity index is 1.87. The summed E-state index contributed by atoms with van der Waals surface area (Å²) in [5, 5.41) is 0. The van der Waals surface area contributed by atoms with Crippen molar-refractivity contribution in [1.29, 1.82) is 0 Å². The van der Waals surface area contributed by atoms with Crippen LogP contribution in [-0.2, 0) is 0 Å².